The van der Waals surface area contributed by atoms with Gasteiger partial charge in [0.25, 0.3) is 0 Å². The lowest BCUT2D eigenvalue weighted by Crippen LogP contribution is -2.03. The Kier molecular flexibility index (Phi) is 6.18. The van der Waals surface area contributed by atoms with Gasteiger partial charge in [-0.3, -0.25) is 0 Å². The molecule has 0 amide bonds. The Morgan fingerprint density at radius 2 is 0.921 bits per heavy atom. The van der Waals surface area contributed by atoms with Crippen LogP contribution in [-0.4, -0.2) is 0 Å². The quantitative estimate of drug-likeness (QED) is 0.184. The maximum atomic E-state index is 2.48. The Morgan fingerprint density at radius 1 is 0.500 bits per heavy atom. The predicted octanol–water partition coefficient (Wildman–Crippen LogP) is 10.7. The molecular weight excluding hydrogens is 497 g/mol. The third-order valence-corrected chi connectivity index (χ3v) is 10.9. The third-order valence-electron chi connectivity index (χ3n) is 8.19. The van der Waals surface area contributed by atoms with Gasteiger partial charge in [-0.2, -0.15) is 0 Å². The van der Waals surface area contributed by atoms with Crippen molar-refractivity contribution >= 4 is 42.8 Å². The molecule has 0 atom stereocenters. The van der Waals surface area contributed by atoms with E-state index < -0.39 is 0 Å². The second-order valence-electron chi connectivity index (χ2n) is 10.8. The summed E-state index contributed by atoms with van der Waals surface area (Å²) in [5.41, 5.74) is 11.8. The van der Waals surface area contributed by atoms with E-state index in [1.165, 1.54) is 87.3 Å². The molecule has 0 N–H and O–H groups in total. The monoisotopic (exact) mass is 528 g/mol. The van der Waals surface area contributed by atoms with Crippen LogP contribution in [0.5, 0.6) is 0 Å². The zero-order valence-corrected chi connectivity index (χ0v) is 23.8. The van der Waals surface area contributed by atoms with Gasteiger partial charge < -0.3 is 0 Å². The highest BCUT2D eigenvalue weighted by Crippen LogP contribution is 2.55. The highest BCUT2D eigenvalue weighted by Gasteiger charge is 2.29. The molecule has 1 aliphatic carbocycles. The standard InChI is InChI=1S/C36H32S2/c1-23-33-31(21-27-19-29(37-35(23)27)17-9-15-25-11-5-3-6-12-25)34-24(2)36-28(22-32(33)34)20-30(38-36)18-10-16-26-13-7-4-8-14-26/h3-8,11-14,19-22H,9-10,15-18H2,1-2H3. The number of thiophene rings is 2. The van der Waals surface area contributed by atoms with Crippen LogP contribution in [0.4, 0.5) is 0 Å². The van der Waals surface area contributed by atoms with Crippen LogP contribution in [-0.2, 0) is 25.7 Å². The van der Waals surface area contributed by atoms with Crippen LogP contribution < -0.4 is 0 Å². The van der Waals surface area contributed by atoms with Gasteiger partial charge in [-0.25, -0.2) is 0 Å². The Balaban J connectivity index is 1.13. The normalized spacial score (nSPS) is 12.1. The molecule has 6 aromatic rings. The summed E-state index contributed by atoms with van der Waals surface area (Å²) in [6.07, 6.45) is 7.04. The Bertz CT molecular complexity index is 1620. The molecule has 0 fully saturated rings. The second-order valence-corrected chi connectivity index (χ2v) is 13.1. The number of fused-ring (bicyclic) bond motifs is 6. The minimum Gasteiger partial charge on any atom is -0.140 e. The number of hydrogen-bond acceptors (Lipinski definition) is 2. The average molecular weight is 529 g/mol. The van der Waals surface area contributed by atoms with Gasteiger partial charge in [0.15, 0.2) is 0 Å². The smallest absolute Gasteiger partial charge is 0.0381 e. The molecule has 4 aromatic carbocycles. The highest BCUT2D eigenvalue weighted by molar-refractivity contribution is 7.19. The highest BCUT2D eigenvalue weighted by atomic mass is 32.1. The summed E-state index contributed by atoms with van der Waals surface area (Å²) in [6, 6.07) is 31.6. The fourth-order valence-corrected chi connectivity index (χ4v) is 8.67. The first kappa shape index (κ1) is 23.9. The van der Waals surface area contributed by atoms with Crippen molar-refractivity contribution in [2.45, 2.75) is 52.4 Å². The Hall–Kier alpha value is -3.20. The molecule has 38 heavy (non-hydrogen) atoms. The number of aryl methyl sites for hydroxylation is 6. The summed E-state index contributed by atoms with van der Waals surface area (Å²) in [7, 11) is 0. The zero-order chi connectivity index (χ0) is 25.6. The van der Waals surface area contributed by atoms with E-state index in [1.54, 1.807) is 0 Å². The molecule has 7 rings (SSSR count). The molecule has 188 valence electrons. The van der Waals surface area contributed by atoms with E-state index in [4.69, 9.17) is 0 Å². The Labute approximate surface area is 233 Å². The largest absolute Gasteiger partial charge is 0.140 e. The van der Waals surface area contributed by atoms with Crippen molar-refractivity contribution in [3.05, 3.63) is 117 Å². The fraction of sp³-hybridized carbons (Fsp3) is 0.222. The van der Waals surface area contributed by atoms with E-state index in [0.29, 0.717) is 0 Å². The third kappa shape index (κ3) is 4.21. The molecule has 0 saturated carbocycles. The lowest BCUT2D eigenvalue weighted by atomic mass is 9.75. The lowest BCUT2D eigenvalue weighted by molar-refractivity contribution is 0.831. The van der Waals surface area contributed by atoms with Gasteiger partial charge in [0.1, 0.15) is 0 Å². The number of rotatable bonds is 8. The topological polar surface area (TPSA) is 0 Å². The van der Waals surface area contributed by atoms with Crippen molar-refractivity contribution < 1.29 is 0 Å². The van der Waals surface area contributed by atoms with Crippen LogP contribution in [0, 0.1) is 13.8 Å². The Morgan fingerprint density at radius 3 is 1.34 bits per heavy atom. The van der Waals surface area contributed by atoms with Crippen LogP contribution in [0.1, 0.15) is 44.8 Å². The van der Waals surface area contributed by atoms with Gasteiger partial charge in [-0.1, -0.05) is 60.7 Å². The first-order valence-corrected chi connectivity index (χ1v) is 15.5. The molecule has 1 aliphatic rings. The van der Waals surface area contributed by atoms with E-state index in [-0.39, 0.29) is 0 Å². The molecule has 2 heterocycles. The van der Waals surface area contributed by atoms with Gasteiger partial charge in [-0.05, 0) is 132 Å². The van der Waals surface area contributed by atoms with Gasteiger partial charge in [0.05, 0.1) is 0 Å². The van der Waals surface area contributed by atoms with Crippen LogP contribution in [0.25, 0.3) is 42.4 Å². The minimum atomic E-state index is 1.15. The van der Waals surface area contributed by atoms with Crippen LogP contribution in [0.2, 0.25) is 0 Å². The van der Waals surface area contributed by atoms with E-state index in [9.17, 15) is 0 Å². The van der Waals surface area contributed by atoms with Gasteiger partial charge in [0.2, 0.25) is 0 Å². The van der Waals surface area contributed by atoms with E-state index in [0.717, 1.165) is 25.7 Å². The second kappa shape index (κ2) is 9.84. The average Bonchev–Trinajstić information content (AvgIpc) is 3.53. The van der Waals surface area contributed by atoms with Crippen LogP contribution in [0.3, 0.4) is 0 Å². The summed E-state index contributed by atoms with van der Waals surface area (Å²) in [6.45, 7) is 4.69. The zero-order valence-electron chi connectivity index (χ0n) is 22.1. The van der Waals surface area contributed by atoms with Crippen molar-refractivity contribution in [2.75, 3.05) is 0 Å². The van der Waals surface area contributed by atoms with Crippen molar-refractivity contribution in [2.24, 2.45) is 0 Å². The van der Waals surface area contributed by atoms with E-state index in [1.807, 2.05) is 22.7 Å². The molecule has 0 unspecified atom stereocenters. The summed E-state index contributed by atoms with van der Waals surface area (Å²) < 4.78 is 2.96. The first-order valence-electron chi connectivity index (χ1n) is 13.9. The molecule has 2 heteroatoms. The predicted molar refractivity (Wildman–Crippen MR) is 168 cm³/mol. The van der Waals surface area contributed by atoms with Crippen molar-refractivity contribution in [3.63, 3.8) is 0 Å². The van der Waals surface area contributed by atoms with Crippen LogP contribution in [0.15, 0.2) is 84.9 Å². The van der Waals surface area contributed by atoms with Crippen LogP contribution >= 0.6 is 22.7 Å². The SMILES string of the molecule is Cc1c2c(cc3cc(CCCc4ccccc4)sc13)-c1c-2cc2cc(CCCc3ccccc3)sc2c1C. The van der Waals surface area contributed by atoms with E-state index in [2.05, 4.69) is 98.8 Å². The molecular formula is C36H32S2. The summed E-state index contributed by atoms with van der Waals surface area (Å²) in [5.74, 6) is 0. The number of hydrogen-bond donors (Lipinski definition) is 0. The maximum Gasteiger partial charge on any atom is 0.0381 e. The molecule has 0 spiro atoms. The van der Waals surface area contributed by atoms with Crippen molar-refractivity contribution in [3.8, 4) is 22.3 Å². The summed E-state index contributed by atoms with van der Waals surface area (Å²) in [4.78, 5) is 3.04. The molecule has 0 radical (unpaired) electrons. The molecule has 2 aromatic heterocycles. The maximum absolute atomic E-state index is 2.48. The van der Waals surface area contributed by atoms with Crippen molar-refractivity contribution in [1.29, 1.82) is 0 Å². The molecule has 0 saturated heterocycles. The molecule has 0 aliphatic heterocycles. The minimum absolute atomic E-state index is 1.15. The van der Waals surface area contributed by atoms with Gasteiger partial charge in [0, 0.05) is 19.2 Å². The molecule has 0 nitrogen and oxygen atoms in total. The van der Waals surface area contributed by atoms with Gasteiger partial charge >= 0.3 is 0 Å². The van der Waals surface area contributed by atoms with Crippen molar-refractivity contribution in [1.82, 2.24) is 0 Å². The first-order chi connectivity index (χ1) is 18.7. The number of benzene rings is 4. The lowest BCUT2D eigenvalue weighted by Gasteiger charge is -2.29. The summed E-state index contributed by atoms with van der Waals surface area (Å²) in [5, 5.41) is 2.86. The summed E-state index contributed by atoms with van der Waals surface area (Å²) >= 11 is 4.02. The fourth-order valence-electron chi connectivity index (χ4n) is 6.30. The van der Waals surface area contributed by atoms with Gasteiger partial charge in [-0.15, -0.1) is 22.7 Å². The van der Waals surface area contributed by atoms with E-state index >= 15 is 0 Å². The molecule has 0 bridgehead atoms.